The largest absolute Gasteiger partial charge is 0.480 e. The highest BCUT2D eigenvalue weighted by Crippen LogP contribution is 2.34. The molecule has 5 heteroatoms. The van der Waals surface area contributed by atoms with Crippen LogP contribution in [0.1, 0.15) is 40.5 Å². The summed E-state index contributed by atoms with van der Waals surface area (Å²) in [6.07, 6.45) is 1.97. The van der Waals surface area contributed by atoms with E-state index in [-0.39, 0.29) is 11.4 Å². The van der Waals surface area contributed by atoms with Crippen LogP contribution in [0.5, 0.6) is 0 Å². The predicted molar refractivity (Wildman–Crippen MR) is 69.4 cm³/mol. The van der Waals surface area contributed by atoms with Gasteiger partial charge in [0, 0.05) is 13.1 Å². The van der Waals surface area contributed by atoms with Crippen molar-refractivity contribution in [3.8, 4) is 0 Å². The van der Waals surface area contributed by atoms with E-state index in [1.165, 1.54) is 6.92 Å². The van der Waals surface area contributed by atoms with Crippen LogP contribution in [0.15, 0.2) is 0 Å². The lowest BCUT2D eigenvalue weighted by Crippen LogP contribution is -2.50. The van der Waals surface area contributed by atoms with Gasteiger partial charge < -0.3 is 15.3 Å². The van der Waals surface area contributed by atoms with E-state index >= 15 is 0 Å². The van der Waals surface area contributed by atoms with Crippen LogP contribution in [-0.4, -0.2) is 41.1 Å². The molecule has 1 saturated heterocycles. The van der Waals surface area contributed by atoms with Gasteiger partial charge in [0.2, 0.25) is 0 Å². The topological polar surface area (TPSA) is 69.6 Å². The van der Waals surface area contributed by atoms with E-state index in [2.05, 4.69) is 26.1 Å². The molecule has 1 unspecified atom stereocenters. The van der Waals surface area contributed by atoms with E-state index in [9.17, 15) is 9.59 Å². The molecule has 1 rings (SSSR count). The zero-order valence-corrected chi connectivity index (χ0v) is 11.7. The Kier molecular flexibility index (Phi) is 4.59. The van der Waals surface area contributed by atoms with Crippen LogP contribution in [0.4, 0.5) is 4.79 Å². The number of urea groups is 1. The Morgan fingerprint density at radius 1 is 1.28 bits per heavy atom. The zero-order valence-electron chi connectivity index (χ0n) is 11.7. The minimum atomic E-state index is -1.01. The molecule has 104 valence electrons. The van der Waals surface area contributed by atoms with Crippen molar-refractivity contribution >= 4 is 12.0 Å². The second-order valence-corrected chi connectivity index (χ2v) is 6.14. The number of likely N-dealkylation sites (tertiary alicyclic amines) is 1. The van der Waals surface area contributed by atoms with Gasteiger partial charge in [-0.3, -0.25) is 4.79 Å². The maximum Gasteiger partial charge on any atom is 0.325 e. The molecule has 1 atom stereocenters. The van der Waals surface area contributed by atoms with Crippen molar-refractivity contribution in [1.82, 2.24) is 10.2 Å². The first kappa shape index (κ1) is 14.8. The first-order chi connectivity index (χ1) is 8.21. The average molecular weight is 256 g/mol. The van der Waals surface area contributed by atoms with Crippen molar-refractivity contribution < 1.29 is 14.7 Å². The van der Waals surface area contributed by atoms with Gasteiger partial charge in [-0.25, -0.2) is 4.79 Å². The lowest BCUT2D eigenvalue weighted by Gasteiger charge is -2.38. The maximum absolute atomic E-state index is 11.8. The van der Waals surface area contributed by atoms with Crippen molar-refractivity contribution in [2.75, 3.05) is 13.1 Å². The molecule has 18 heavy (non-hydrogen) atoms. The summed E-state index contributed by atoms with van der Waals surface area (Å²) < 4.78 is 0. The third-order valence-corrected chi connectivity index (χ3v) is 3.72. The van der Waals surface area contributed by atoms with Gasteiger partial charge in [-0.15, -0.1) is 0 Å². The Bertz CT molecular complexity index is 315. The number of carboxylic acids is 1. The fourth-order valence-electron chi connectivity index (χ4n) is 2.29. The molecule has 0 aromatic heterocycles. The SMILES string of the molecule is CC(NC(=O)N1CCC(C(C)(C)C)CC1)C(=O)O. The van der Waals surface area contributed by atoms with Gasteiger partial charge in [-0.1, -0.05) is 20.8 Å². The van der Waals surface area contributed by atoms with E-state index in [4.69, 9.17) is 5.11 Å². The molecule has 5 nitrogen and oxygen atoms in total. The third-order valence-electron chi connectivity index (χ3n) is 3.72. The number of piperidine rings is 1. The molecule has 0 radical (unpaired) electrons. The number of carboxylic acid groups (broad SMARTS) is 1. The first-order valence-corrected chi connectivity index (χ1v) is 6.50. The highest BCUT2D eigenvalue weighted by molar-refractivity contribution is 5.82. The summed E-state index contributed by atoms with van der Waals surface area (Å²) in [5.41, 5.74) is 0.275. The summed E-state index contributed by atoms with van der Waals surface area (Å²) >= 11 is 0. The number of nitrogens with one attached hydrogen (secondary N) is 1. The van der Waals surface area contributed by atoms with Gasteiger partial charge in [-0.2, -0.15) is 0 Å². The van der Waals surface area contributed by atoms with Gasteiger partial charge in [-0.05, 0) is 31.1 Å². The van der Waals surface area contributed by atoms with Gasteiger partial charge >= 0.3 is 12.0 Å². The predicted octanol–water partition coefficient (Wildman–Crippen LogP) is 1.93. The van der Waals surface area contributed by atoms with Gasteiger partial charge in [0.05, 0.1) is 0 Å². The number of carbonyl (C=O) groups is 2. The average Bonchev–Trinajstić information content (AvgIpc) is 2.27. The molecule has 0 aromatic rings. The number of aliphatic carboxylic acids is 1. The minimum absolute atomic E-state index is 0.266. The number of hydrogen-bond donors (Lipinski definition) is 2. The lowest BCUT2D eigenvalue weighted by atomic mass is 9.75. The van der Waals surface area contributed by atoms with Crippen molar-refractivity contribution in [2.24, 2.45) is 11.3 Å². The van der Waals surface area contributed by atoms with Crippen molar-refractivity contribution in [3.63, 3.8) is 0 Å². The molecule has 2 N–H and O–H groups in total. The smallest absolute Gasteiger partial charge is 0.325 e. The molecule has 2 amide bonds. The highest BCUT2D eigenvalue weighted by atomic mass is 16.4. The van der Waals surface area contributed by atoms with E-state index in [0.717, 1.165) is 12.8 Å². The monoisotopic (exact) mass is 256 g/mol. The highest BCUT2D eigenvalue weighted by Gasteiger charge is 2.30. The molecule has 0 bridgehead atoms. The molecular formula is C13H24N2O3. The fourth-order valence-corrected chi connectivity index (χ4v) is 2.29. The zero-order chi connectivity index (χ0) is 13.9. The van der Waals surface area contributed by atoms with Crippen LogP contribution in [0.3, 0.4) is 0 Å². The molecule has 1 aliphatic heterocycles. The minimum Gasteiger partial charge on any atom is -0.480 e. The maximum atomic E-state index is 11.8. The van der Waals surface area contributed by atoms with Gasteiger partial charge in [0.15, 0.2) is 0 Å². The van der Waals surface area contributed by atoms with Crippen LogP contribution in [-0.2, 0) is 4.79 Å². The van der Waals surface area contributed by atoms with Crippen LogP contribution in [0.25, 0.3) is 0 Å². The first-order valence-electron chi connectivity index (χ1n) is 6.50. The summed E-state index contributed by atoms with van der Waals surface area (Å²) in [6, 6.07) is -1.10. The van der Waals surface area contributed by atoms with Crippen molar-refractivity contribution in [1.29, 1.82) is 0 Å². The van der Waals surface area contributed by atoms with E-state index in [0.29, 0.717) is 19.0 Å². The second kappa shape index (κ2) is 5.59. The number of hydrogen-bond acceptors (Lipinski definition) is 2. The van der Waals surface area contributed by atoms with Crippen LogP contribution in [0, 0.1) is 11.3 Å². The molecule has 0 aliphatic carbocycles. The quantitative estimate of drug-likeness (QED) is 0.793. The number of amides is 2. The molecule has 1 fully saturated rings. The fraction of sp³-hybridized carbons (Fsp3) is 0.846. The Morgan fingerprint density at radius 3 is 2.17 bits per heavy atom. The number of nitrogens with zero attached hydrogens (tertiary/aromatic N) is 1. The normalized spacial score (nSPS) is 19.4. The number of rotatable bonds is 2. The van der Waals surface area contributed by atoms with Crippen LogP contribution >= 0.6 is 0 Å². The van der Waals surface area contributed by atoms with Gasteiger partial charge in [0.25, 0.3) is 0 Å². The summed E-state index contributed by atoms with van der Waals surface area (Å²) in [4.78, 5) is 24.2. The molecule has 1 aliphatic rings. The van der Waals surface area contributed by atoms with E-state index in [1.54, 1.807) is 4.90 Å². The number of carbonyl (C=O) groups excluding carboxylic acids is 1. The third kappa shape index (κ3) is 3.89. The van der Waals surface area contributed by atoms with Crippen LogP contribution < -0.4 is 5.32 Å². The Labute approximate surface area is 109 Å². The molecule has 0 spiro atoms. The molecule has 1 heterocycles. The van der Waals surface area contributed by atoms with Gasteiger partial charge in [0.1, 0.15) is 6.04 Å². The Morgan fingerprint density at radius 2 is 1.78 bits per heavy atom. The Hall–Kier alpha value is -1.26. The van der Waals surface area contributed by atoms with E-state index < -0.39 is 12.0 Å². The standard InChI is InChI=1S/C13H24N2O3/c1-9(11(16)17)14-12(18)15-7-5-10(6-8-15)13(2,3)4/h9-10H,5-8H2,1-4H3,(H,14,18)(H,16,17). The lowest BCUT2D eigenvalue weighted by molar-refractivity contribution is -0.138. The Balaban J connectivity index is 2.43. The van der Waals surface area contributed by atoms with Crippen LogP contribution in [0.2, 0.25) is 0 Å². The summed E-state index contributed by atoms with van der Waals surface area (Å²) in [5.74, 6) is -0.383. The molecule has 0 saturated carbocycles. The molecule has 0 aromatic carbocycles. The second-order valence-electron chi connectivity index (χ2n) is 6.14. The summed E-state index contributed by atoms with van der Waals surface area (Å²) in [5, 5.41) is 11.2. The summed E-state index contributed by atoms with van der Waals surface area (Å²) in [6.45, 7) is 9.56. The van der Waals surface area contributed by atoms with E-state index in [1.807, 2.05) is 0 Å². The molecular weight excluding hydrogens is 232 g/mol. The van der Waals surface area contributed by atoms with Crippen molar-refractivity contribution in [2.45, 2.75) is 46.6 Å². The summed E-state index contributed by atoms with van der Waals surface area (Å²) in [7, 11) is 0. The van der Waals surface area contributed by atoms with Crippen molar-refractivity contribution in [3.05, 3.63) is 0 Å².